The zero-order valence-corrected chi connectivity index (χ0v) is 17.7. The van der Waals surface area contributed by atoms with E-state index in [2.05, 4.69) is 11.9 Å². The van der Waals surface area contributed by atoms with E-state index in [0.717, 1.165) is 30.6 Å². The highest BCUT2D eigenvalue weighted by atomic mass is 32.1. The predicted octanol–water partition coefficient (Wildman–Crippen LogP) is 4.33. The molecule has 1 heterocycles. The lowest BCUT2D eigenvalue weighted by Crippen LogP contribution is -2.22. The van der Waals surface area contributed by atoms with Gasteiger partial charge in [0.25, 0.3) is 5.91 Å². The lowest BCUT2D eigenvalue weighted by atomic mass is 10.2. The molecule has 0 N–H and O–H groups in total. The number of carbonyl (C=O) groups is 2. The van der Waals surface area contributed by atoms with Gasteiger partial charge in [-0.2, -0.15) is 4.99 Å². The first-order valence-electron chi connectivity index (χ1n) is 9.70. The number of nitrogens with zero attached hydrogens (tertiary/aromatic N) is 2. The number of hydrogen-bond donors (Lipinski definition) is 0. The number of methoxy groups -OCH3 is 1. The van der Waals surface area contributed by atoms with E-state index in [-0.39, 0.29) is 16.9 Å². The Morgan fingerprint density at radius 1 is 1.17 bits per heavy atom. The Morgan fingerprint density at radius 2 is 1.97 bits per heavy atom. The molecule has 0 unspecified atom stereocenters. The maximum atomic E-state index is 14.4. The predicted molar refractivity (Wildman–Crippen MR) is 113 cm³/mol. The second kappa shape index (κ2) is 10.2. The second-order valence-electron chi connectivity index (χ2n) is 6.63. The Labute approximate surface area is 177 Å². The maximum Gasteiger partial charge on any atom is 0.325 e. The van der Waals surface area contributed by atoms with Crippen LogP contribution in [0.3, 0.4) is 0 Å². The van der Waals surface area contributed by atoms with Crippen LogP contribution in [0.4, 0.5) is 4.39 Å². The van der Waals surface area contributed by atoms with E-state index in [9.17, 15) is 14.0 Å². The van der Waals surface area contributed by atoms with Crippen LogP contribution in [0, 0.1) is 5.82 Å². The van der Waals surface area contributed by atoms with Gasteiger partial charge in [0.15, 0.2) is 4.80 Å². The number of fused-ring (bicyclic) bond motifs is 1. The Balaban J connectivity index is 1.94. The number of para-hydroxylation sites is 1. The molecule has 0 spiro atoms. The van der Waals surface area contributed by atoms with E-state index in [4.69, 9.17) is 9.47 Å². The normalized spacial score (nSPS) is 11.6. The smallest absolute Gasteiger partial charge is 0.325 e. The number of ether oxygens (including phenoxy) is 2. The van der Waals surface area contributed by atoms with Crippen molar-refractivity contribution < 1.29 is 23.5 Å². The van der Waals surface area contributed by atoms with Crippen LogP contribution in [0.5, 0.6) is 5.75 Å². The van der Waals surface area contributed by atoms with Crippen LogP contribution >= 0.6 is 11.3 Å². The SMILES string of the molecule is CCCCCOc1cccc(C(=O)N=c2sc3cccc(F)c3n2CC(=O)OC)c1. The van der Waals surface area contributed by atoms with E-state index >= 15 is 0 Å². The van der Waals surface area contributed by atoms with Gasteiger partial charge in [0, 0.05) is 5.56 Å². The van der Waals surface area contributed by atoms with Crippen molar-refractivity contribution in [3.05, 3.63) is 58.6 Å². The average molecular weight is 431 g/mol. The molecule has 3 aromatic rings. The minimum atomic E-state index is -0.561. The summed E-state index contributed by atoms with van der Waals surface area (Å²) < 4.78 is 26.7. The van der Waals surface area contributed by atoms with Gasteiger partial charge in [-0.25, -0.2) is 4.39 Å². The second-order valence-corrected chi connectivity index (χ2v) is 7.64. The molecule has 30 heavy (non-hydrogen) atoms. The zero-order valence-electron chi connectivity index (χ0n) is 16.9. The summed E-state index contributed by atoms with van der Waals surface area (Å²) in [4.78, 5) is 29.0. The molecular weight excluding hydrogens is 407 g/mol. The molecule has 1 amide bonds. The molecule has 0 saturated carbocycles. The van der Waals surface area contributed by atoms with Gasteiger partial charge in [0.2, 0.25) is 0 Å². The van der Waals surface area contributed by atoms with E-state index in [1.165, 1.54) is 17.7 Å². The fourth-order valence-corrected chi connectivity index (χ4v) is 3.97. The van der Waals surface area contributed by atoms with Gasteiger partial charge < -0.3 is 14.0 Å². The fourth-order valence-electron chi connectivity index (χ4n) is 2.92. The first-order valence-corrected chi connectivity index (χ1v) is 10.5. The summed E-state index contributed by atoms with van der Waals surface area (Å²) in [5, 5.41) is 0. The molecular formula is C22H23FN2O4S. The van der Waals surface area contributed by atoms with Crippen molar-refractivity contribution in [2.24, 2.45) is 4.99 Å². The highest BCUT2D eigenvalue weighted by molar-refractivity contribution is 7.16. The molecule has 0 saturated heterocycles. The summed E-state index contributed by atoms with van der Waals surface area (Å²) in [5.74, 6) is -0.963. The van der Waals surface area contributed by atoms with E-state index < -0.39 is 17.7 Å². The third-order valence-corrected chi connectivity index (χ3v) is 5.51. The Hall–Kier alpha value is -3.00. The molecule has 6 nitrogen and oxygen atoms in total. The lowest BCUT2D eigenvalue weighted by molar-refractivity contribution is -0.141. The van der Waals surface area contributed by atoms with Gasteiger partial charge in [-0.05, 0) is 36.8 Å². The number of benzene rings is 2. The molecule has 0 aliphatic heterocycles. The Kier molecular flexibility index (Phi) is 7.35. The summed E-state index contributed by atoms with van der Waals surface area (Å²) in [6, 6.07) is 11.4. The highest BCUT2D eigenvalue weighted by Gasteiger charge is 2.15. The van der Waals surface area contributed by atoms with E-state index in [0.29, 0.717) is 22.6 Å². The van der Waals surface area contributed by atoms with Crippen LogP contribution in [0.15, 0.2) is 47.5 Å². The van der Waals surface area contributed by atoms with Crippen molar-refractivity contribution in [3.8, 4) is 5.75 Å². The number of unbranched alkanes of at least 4 members (excludes halogenated alkanes) is 2. The fraction of sp³-hybridized carbons (Fsp3) is 0.318. The zero-order chi connectivity index (χ0) is 21.5. The molecule has 1 aromatic heterocycles. The van der Waals surface area contributed by atoms with Gasteiger partial charge in [0.1, 0.15) is 18.1 Å². The molecule has 0 fully saturated rings. The summed E-state index contributed by atoms with van der Waals surface area (Å²) in [5.41, 5.74) is 0.568. The number of hydrogen-bond acceptors (Lipinski definition) is 5. The highest BCUT2D eigenvalue weighted by Crippen LogP contribution is 2.21. The standard InChI is InChI=1S/C22H23FN2O4S/c1-3-4-5-12-29-16-9-6-8-15(13-16)21(27)24-22-25(14-19(26)28-2)20-17(23)10-7-11-18(20)30-22/h6-11,13H,3-5,12,14H2,1-2H3. The summed E-state index contributed by atoms with van der Waals surface area (Å²) >= 11 is 1.13. The largest absolute Gasteiger partial charge is 0.494 e. The molecule has 0 bridgehead atoms. The molecule has 8 heteroatoms. The number of aromatic nitrogens is 1. The van der Waals surface area contributed by atoms with Crippen molar-refractivity contribution in [1.29, 1.82) is 0 Å². The lowest BCUT2D eigenvalue weighted by Gasteiger charge is -2.06. The molecule has 2 aromatic carbocycles. The number of thiazole rings is 1. The average Bonchev–Trinajstić information content (AvgIpc) is 3.09. The quantitative estimate of drug-likeness (QED) is 0.394. The first-order chi connectivity index (χ1) is 14.5. The van der Waals surface area contributed by atoms with Gasteiger partial charge >= 0.3 is 5.97 Å². The summed E-state index contributed by atoms with van der Waals surface area (Å²) in [7, 11) is 1.25. The van der Waals surface area contributed by atoms with Gasteiger partial charge in [-0.15, -0.1) is 0 Å². The van der Waals surface area contributed by atoms with Crippen LogP contribution in [0.1, 0.15) is 36.5 Å². The van der Waals surface area contributed by atoms with Crippen molar-refractivity contribution in [2.45, 2.75) is 32.7 Å². The molecule has 0 atom stereocenters. The molecule has 158 valence electrons. The minimum Gasteiger partial charge on any atom is -0.494 e. The molecule has 3 rings (SSSR count). The van der Waals surface area contributed by atoms with Gasteiger partial charge in [-0.1, -0.05) is 43.2 Å². The molecule has 0 aliphatic rings. The number of rotatable bonds is 8. The minimum absolute atomic E-state index is 0.215. The summed E-state index contributed by atoms with van der Waals surface area (Å²) in [6.45, 7) is 2.45. The van der Waals surface area contributed by atoms with Crippen LogP contribution in [0.25, 0.3) is 10.2 Å². The van der Waals surface area contributed by atoms with Crippen molar-refractivity contribution >= 4 is 33.4 Å². The summed E-state index contributed by atoms with van der Waals surface area (Å²) in [6.07, 6.45) is 3.12. The third-order valence-electron chi connectivity index (χ3n) is 4.46. The van der Waals surface area contributed by atoms with Crippen LogP contribution < -0.4 is 9.54 Å². The van der Waals surface area contributed by atoms with Crippen LogP contribution in [-0.2, 0) is 16.1 Å². The first kappa shape index (κ1) is 21.7. The van der Waals surface area contributed by atoms with Gasteiger partial charge in [0.05, 0.1) is 23.9 Å². The molecule has 0 radical (unpaired) electrons. The van der Waals surface area contributed by atoms with Crippen LogP contribution in [0.2, 0.25) is 0 Å². The van der Waals surface area contributed by atoms with Crippen molar-refractivity contribution in [2.75, 3.05) is 13.7 Å². The topological polar surface area (TPSA) is 69.9 Å². The van der Waals surface area contributed by atoms with E-state index in [1.807, 2.05) is 0 Å². The number of amides is 1. The van der Waals surface area contributed by atoms with Crippen LogP contribution in [-0.4, -0.2) is 30.2 Å². The van der Waals surface area contributed by atoms with Crippen molar-refractivity contribution in [3.63, 3.8) is 0 Å². The Bertz CT molecular complexity index is 1120. The monoisotopic (exact) mass is 430 g/mol. The van der Waals surface area contributed by atoms with E-state index in [1.54, 1.807) is 36.4 Å². The van der Waals surface area contributed by atoms with Crippen molar-refractivity contribution in [1.82, 2.24) is 4.57 Å². The van der Waals surface area contributed by atoms with Gasteiger partial charge in [-0.3, -0.25) is 9.59 Å². The Morgan fingerprint density at radius 3 is 2.73 bits per heavy atom. The third kappa shape index (κ3) is 5.13. The maximum absolute atomic E-state index is 14.4. The number of esters is 1. The molecule has 0 aliphatic carbocycles. The number of carbonyl (C=O) groups excluding carboxylic acids is 2. The number of halogens is 1.